The molecule has 4 nitrogen and oxygen atoms in total. The molecule has 0 bridgehead atoms. The smallest absolute Gasteiger partial charge is 0.267 e. The van der Waals surface area contributed by atoms with E-state index in [1.807, 2.05) is 79.0 Å². The number of aryl methyl sites for hydroxylation is 1. The van der Waals surface area contributed by atoms with Crippen molar-refractivity contribution in [2.45, 2.75) is 13.5 Å². The molecule has 3 aromatic rings. The van der Waals surface area contributed by atoms with Crippen LogP contribution >= 0.6 is 23.1 Å². The molecule has 0 unspecified atom stereocenters. The SMILES string of the molecule is COc1ccccc1C=C1SC(=Nc2ccc(C)cc2)N(Cc2cccs2)C1=O. The number of carbonyl (C=O) groups excluding carboxylic acids is 1. The summed E-state index contributed by atoms with van der Waals surface area (Å²) in [5.74, 6) is 0.697. The maximum absolute atomic E-state index is 13.2. The van der Waals surface area contributed by atoms with Crippen molar-refractivity contribution in [2.75, 3.05) is 7.11 Å². The number of methoxy groups -OCH3 is 1. The molecule has 1 aromatic heterocycles. The Labute approximate surface area is 178 Å². The number of carbonyl (C=O) groups is 1. The van der Waals surface area contributed by atoms with Gasteiger partial charge in [0.2, 0.25) is 0 Å². The van der Waals surface area contributed by atoms with E-state index < -0.39 is 0 Å². The van der Waals surface area contributed by atoms with Crippen molar-refractivity contribution in [3.05, 3.63) is 87.0 Å². The topological polar surface area (TPSA) is 41.9 Å². The van der Waals surface area contributed by atoms with E-state index in [4.69, 9.17) is 9.73 Å². The number of hydrogen-bond acceptors (Lipinski definition) is 5. The number of nitrogens with zero attached hydrogens (tertiary/aromatic N) is 2. The molecule has 1 amide bonds. The summed E-state index contributed by atoms with van der Waals surface area (Å²) in [5, 5.41) is 2.71. The Kier molecular flexibility index (Phi) is 5.83. The van der Waals surface area contributed by atoms with Gasteiger partial charge < -0.3 is 4.74 Å². The molecule has 0 atom stereocenters. The second-order valence-corrected chi connectivity index (χ2v) is 8.59. The van der Waals surface area contributed by atoms with Gasteiger partial charge in [-0.3, -0.25) is 9.69 Å². The summed E-state index contributed by atoms with van der Waals surface area (Å²) < 4.78 is 5.43. The van der Waals surface area contributed by atoms with Gasteiger partial charge in [-0.05, 0) is 54.4 Å². The minimum absolute atomic E-state index is 0.0415. The van der Waals surface area contributed by atoms with Gasteiger partial charge in [-0.15, -0.1) is 11.3 Å². The average molecular weight is 421 g/mol. The molecule has 4 rings (SSSR count). The highest BCUT2D eigenvalue weighted by atomic mass is 32.2. The molecule has 0 radical (unpaired) electrons. The summed E-state index contributed by atoms with van der Waals surface area (Å²) in [6.45, 7) is 2.55. The second-order valence-electron chi connectivity index (χ2n) is 6.55. The number of amides is 1. The highest BCUT2D eigenvalue weighted by molar-refractivity contribution is 8.18. The number of hydrogen-bond donors (Lipinski definition) is 0. The molecule has 29 heavy (non-hydrogen) atoms. The standard InChI is InChI=1S/C23H20N2O2S2/c1-16-9-11-18(12-10-16)24-23-25(15-19-7-5-13-28-19)22(26)21(29-23)14-17-6-3-4-8-20(17)27-2/h3-14H,15H2,1-2H3. The number of para-hydroxylation sites is 1. The Bertz CT molecular complexity index is 1070. The Balaban J connectivity index is 1.71. The fourth-order valence-electron chi connectivity index (χ4n) is 2.95. The molecule has 1 aliphatic rings. The van der Waals surface area contributed by atoms with Crippen molar-refractivity contribution in [3.8, 4) is 5.75 Å². The molecule has 0 saturated carbocycles. The molecule has 1 fully saturated rings. The van der Waals surface area contributed by atoms with Gasteiger partial charge in [0.25, 0.3) is 5.91 Å². The number of benzene rings is 2. The van der Waals surface area contributed by atoms with Gasteiger partial charge in [-0.25, -0.2) is 4.99 Å². The quantitative estimate of drug-likeness (QED) is 0.485. The zero-order chi connectivity index (χ0) is 20.2. The zero-order valence-corrected chi connectivity index (χ0v) is 17.8. The van der Waals surface area contributed by atoms with Crippen LogP contribution in [0, 0.1) is 6.92 Å². The van der Waals surface area contributed by atoms with Crippen LogP contribution in [-0.2, 0) is 11.3 Å². The third-order valence-corrected chi connectivity index (χ3v) is 6.33. The summed E-state index contributed by atoms with van der Waals surface area (Å²) >= 11 is 3.03. The van der Waals surface area contributed by atoms with Gasteiger partial charge in [0.05, 0.1) is 24.2 Å². The van der Waals surface area contributed by atoms with E-state index in [-0.39, 0.29) is 5.91 Å². The van der Waals surface area contributed by atoms with E-state index in [1.54, 1.807) is 23.3 Å². The Morgan fingerprint density at radius 1 is 1.07 bits per heavy atom. The van der Waals surface area contributed by atoms with Crippen LogP contribution < -0.4 is 4.74 Å². The van der Waals surface area contributed by atoms with Crippen LogP contribution in [0.5, 0.6) is 5.75 Å². The van der Waals surface area contributed by atoms with E-state index >= 15 is 0 Å². The molecule has 6 heteroatoms. The van der Waals surface area contributed by atoms with Gasteiger partial charge in [-0.2, -0.15) is 0 Å². The summed E-state index contributed by atoms with van der Waals surface area (Å²) in [4.78, 5) is 21.5. The second kappa shape index (κ2) is 8.68. The van der Waals surface area contributed by atoms with Crippen molar-refractivity contribution in [1.29, 1.82) is 0 Å². The van der Waals surface area contributed by atoms with Crippen LogP contribution in [0.1, 0.15) is 16.0 Å². The van der Waals surface area contributed by atoms with Crippen molar-refractivity contribution >= 4 is 45.9 Å². The number of aliphatic imine (C=N–C) groups is 1. The van der Waals surface area contributed by atoms with Crippen molar-refractivity contribution in [3.63, 3.8) is 0 Å². The molecule has 2 heterocycles. The first kappa shape index (κ1) is 19.5. The van der Waals surface area contributed by atoms with E-state index in [1.165, 1.54) is 17.3 Å². The Morgan fingerprint density at radius 2 is 1.86 bits per heavy atom. The van der Waals surface area contributed by atoms with Crippen molar-refractivity contribution in [1.82, 2.24) is 4.90 Å². The van der Waals surface area contributed by atoms with Gasteiger partial charge in [0.1, 0.15) is 5.75 Å². The molecule has 2 aromatic carbocycles. The van der Waals surface area contributed by atoms with Gasteiger partial charge in [0, 0.05) is 10.4 Å². The maximum atomic E-state index is 13.2. The molecule has 1 aliphatic heterocycles. The highest BCUT2D eigenvalue weighted by Crippen LogP contribution is 2.36. The van der Waals surface area contributed by atoms with Crippen LogP contribution in [-0.4, -0.2) is 23.1 Å². The normalized spacial score (nSPS) is 16.8. The first-order valence-corrected chi connectivity index (χ1v) is 10.9. The summed E-state index contributed by atoms with van der Waals surface area (Å²) in [6.07, 6.45) is 1.88. The molecule has 0 spiro atoms. The molecule has 1 saturated heterocycles. The number of thioether (sulfide) groups is 1. The van der Waals surface area contributed by atoms with Gasteiger partial charge >= 0.3 is 0 Å². The average Bonchev–Trinajstić information content (AvgIpc) is 3.34. The summed E-state index contributed by atoms with van der Waals surface area (Å²) in [7, 11) is 1.63. The Hall–Kier alpha value is -2.83. The van der Waals surface area contributed by atoms with Gasteiger partial charge in [0.15, 0.2) is 5.17 Å². The van der Waals surface area contributed by atoms with E-state index in [9.17, 15) is 4.79 Å². The first-order chi connectivity index (χ1) is 14.1. The minimum atomic E-state index is -0.0415. The zero-order valence-electron chi connectivity index (χ0n) is 16.2. The van der Waals surface area contributed by atoms with Crippen LogP contribution in [0.25, 0.3) is 6.08 Å². The number of ether oxygens (including phenoxy) is 1. The fourth-order valence-corrected chi connectivity index (χ4v) is 4.63. The van der Waals surface area contributed by atoms with Crippen LogP contribution in [0.4, 0.5) is 5.69 Å². The number of rotatable bonds is 5. The lowest BCUT2D eigenvalue weighted by Crippen LogP contribution is -2.28. The van der Waals surface area contributed by atoms with E-state index in [2.05, 4.69) is 0 Å². The lowest BCUT2D eigenvalue weighted by molar-refractivity contribution is -0.122. The van der Waals surface area contributed by atoms with Crippen LogP contribution in [0.2, 0.25) is 0 Å². The third kappa shape index (κ3) is 4.44. The molecular formula is C23H20N2O2S2. The predicted octanol–water partition coefficient (Wildman–Crippen LogP) is 5.87. The minimum Gasteiger partial charge on any atom is -0.496 e. The van der Waals surface area contributed by atoms with Crippen LogP contribution in [0.15, 0.2) is 75.9 Å². The van der Waals surface area contributed by atoms with Crippen molar-refractivity contribution < 1.29 is 9.53 Å². The maximum Gasteiger partial charge on any atom is 0.267 e. The third-order valence-electron chi connectivity index (χ3n) is 4.47. The summed E-state index contributed by atoms with van der Waals surface area (Å²) in [6, 6.07) is 19.7. The molecule has 0 N–H and O–H groups in total. The fraction of sp³-hybridized carbons (Fsp3) is 0.130. The lowest BCUT2D eigenvalue weighted by Gasteiger charge is -2.14. The Morgan fingerprint density at radius 3 is 2.59 bits per heavy atom. The lowest BCUT2D eigenvalue weighted by atomic mass is 10.2. The molecule has 0 aliphatic carbocycles. The monoisotopic (exact) mass is 420 g/mol. The van der Waals surface area contributed by atoms with Crippen molar-refractivity contribution in [2.24, 2.45) is 4.99 Å². The predicted molar refractivity (Wildman–Crippen MR) is 122 cm³/mol. The van der Waals surface area contributed by atoms with E-state index in [0.717, 1.165) is 21.9 Å². The van der Waals surface area contributed by atoms with E-state index in [0.29, 0.717) is 16.6 Å². The number of amidine groups is 1. The number of thiophene rings is 1. The largest absolute Gasteiger partial charge is 0.496 e. The van der Waals surface area contributed by atoms with Crippen LogP contribution in [0.3, 0.4) is 0 Å². The molecule has 146 valence electrons. The molecular weight excluding hydrogens is 400 g/mol. The summed E-state index contributed by atoms with van der Waals surface area (Å²) in [5.41, 5.74) is 2.88. The van der Waals surface area contributed by atoms with Gasteiger partial charge in [-0.1, -0.05) is 42.0 Å². The first-order valence-electron chi connectivity index (χ1n) is 9.16. The highest BCUT2D eigenvalue weighted by Gasteiger charge is 2.33.